The highest BCUT2D eigenvalue weighted by Crippen LogP contribution is 2.53. The zero-order valence-electron chi connectivity index (χ0n) is 10.6. The predicted molar refractivity (Wildman–Crippen MR) is 71.2 cm³/mol. The lowest BCUT2D eigenvalue weighted by molar-refractivity contribution is 0.256. The van der Waals surface area contributed by atoms with Gasteiger partial charge in [-0.05, 0) is 31.1 Å². The number of rotatable bonds is 5. The van der Waals surface area contributed by atoms with Crippen molar-refractivity contribution in [1.29, 1.82) is 0 Å². The van der Waals surface area contributed by atoms with Crippen molar-refractivity contribution in [3.63, 3.8) is 0 Å². The molecule has 1 saturated heterocycles. The molecule has 18 heavy (non-hydrogen) atoms. The highest BCUT2D eigenvalue weighted by atomic mass is 32.2. The molecule has 1 spiro atoms. The van der Waals surface area contributed by atoms with Crippen LogP contribution in [-0.2, 0) is 10.2 Å². The molecule has 1 aliphatic heterocycles. The van der Waals surface area contributed by atoms with Crippen LogP contribution in [0.15, 0.2) is 17.4 Å². The highest BCUT2D eigenvalue weighted by Gasteiger charge is 2.46. The first-order chi connectivity index (χ1) is 8.47. The van der Waals surface area contributed by atoms with Crippen molar-refractivity contribution in [2.24, 2.45) is 10.4 Å². The summed E-state index contributed by atoms with van der Waals surface area (Å²) in [6, 6.07) is 0. The molecule has 0 aromatic heterocycles. The molecule has 6 nitrogen and oxygen atoms in total. The molecule has 0 aromatic carbocycles. The maximum Gasteiger partial charge on any atom is 0.302 e. The van der Waals surface area contributed by atoms with Crippen LogP contribution >= 0.6 is 0 Å². The van der Waals surface area contributed by atoms with E-state index in [0.717, 1.165) is 12.8 Å². The molecule has 2 rings (SSSR count). The van der Waals surface area contributed by atoms with Crippen molar-refractivity contribution in [2.45, 2.75) is 25.7 Å². The number of nitrogens with one attached hydrogen (secondary N) is 2. The largest absolute Gasteiger partial charge is 0.333 e. The third kappa shape index (κ3) is 3.02. The van der Waals surface area contributed by atoms with Gasteiger partial charge in [-0.3, -0.25) is 9.71 Å². The molecule has 1 aliphatic carbocycles. The van der Waals surface area contributed by atoms with Gasteiger partial charge in [0.1, 0.15) is 5.82 Å². The van der Waals surface area contributed by atoms with E-state index in [-0.39, 0.29) is 5.82 Å². The lowest BCUT2D eigenvalue weighted by Gasteiger charge is -2.31. The van der Waals surface area contributed by atoms with Crippen LogP contribution in [0.3, 0.4) is 0 Å². The summed E-state index contributed by atoms with van der Waals surface area (Å²) in [7, 11) is -1.88. The molecule has 2 fully saturated rings. The Morgan fingerprint density at radius 1 is 1.33 bits per heavy atom. The Kier molecular flexibility index (Phi) is 3.63. The van der Waals surface area contributed by atoms with E-state index in [1.165, 1.54) is 23.5 Å². The van der Waals surface area contributed by atoms with Crippen molar-refractivity contribution >= 4 is 16.5 Å². The Hall–Kier alpha value is -1.08. The van der Waals surface area contributed by atoms with E-state index >= 15 is 0 Å². The second-order valence-corrected chi connectivity index (χ2v) is 6.69. The van der Waals surface area contributed by atoms with Crippen LogP contribution in [0.1, 0.15) is 25.7 Å². The lowest BCUT2D eigenvalue weighted by Crippen LogP contribution is -2.46. The first kappa shape index (κ1) is 13.4. The summed E-state index contributed by atoms with van der Waals surface area (Å²) < 4.78 is 28.0. The third-order valence-electron chi connectivity index (χ3n) is 3.70. The zero-order chi connectivity index (χ0) is 13.2. The monoisotopic (exact) mass is 272 g/mol. The summed E-state index contributed by atoms with van der Waals surface area (Å²) in [4.78, 5) is 3.70. The molecule has 1 saturated carbocycles. The number of piperidine rings is 1. The third-order valence-corrected chi connectivity index (χ3v) is 5.25. The quantitative estimate of drug-likeness (QED) is 0.562. The van der Waals surface area contributed by atoms with Gasteiger partial charge in [-0.15, -0.1) is 0 Å². The smallest absolute Gasteiger partial charge is 0.302 e. The van der Waals surface area contributed by atoms with Crippen molar-refractivity contribution in [3.8, 4) is 0 Å². The SMILES string of the molecule is C=C(NC=NC)NS(=O)(=O)N1CCC2(CC1)CC2. The molecule has 0 aromatic rings. The van der Waals surface area contributed by atoms with Gasteiger partial charge in [-0.25, -0.2) is 0 Å². The summed E-state index contributed by atoms with van der Waals surface area (Å²) in [5.74, 6) is 0.215. The molecule has 1 heterocycles. The van der Waals surface area contributed by atoms with Crippen molar-refractivity contribution < 1.29 is 8.42 Å². The van der Waals surface area contributed by atoms with E-state index in [9.17, 15) is 8.42 Å². The highest BCUT2D eigenvalue weighted by molar-refractivity contribution is 7.87. The van der Waals surface area contributed by atoms with Crippen LogP contribution in [0.25, 0.3) is 0 Å². The normalized spacial score (nSPS) is 23.2. The topological polar surface area (TPSA) is 73.8 Å². The van der Waals surface area contributed by atoms with E-state index in [2.05, 4.69) is 21.6 Å². The van der Waals surface area contributed by atoms with Gasteiger partial charge in [0.25, 0.3) is 0 Å². The van der Waals surface area contributed by atoms with Gasteiger partial charge in [0.15, 0.2) is 0 Å². The molecular weight excluding hydrogens is 252 g/mol. The second kappa shape index (κ2) is 4.89. The average Bonchev–Trinajstić information content (AvgIpc) is 3.06. The Balaban J connectivity index is 1.88. The number of hydrogen-bond donors (Lipinski definition) is 2. The van der Waals surface area contributed by atoms with Crippen molar-refractivity contribution in [1.82, 2.24) is 14.3 Å². The molecule has 0 atom stereocenters. The molecule has 0 amide bonds. The number of nitrogens with zero attached hydrogens (tertiary/aromatic N) is 2. The van der Waals surface area contributed by atoms with Crippen LogP contribution in [0.2, 0.25) is 0 Å². The van der Waals surface area contributed by atoms with Crippen LogP contribution in [-0.4, -0.2) is 39.2 Å². The number of aliphatic imine (C=N–C) groups is 1. The summed E-state index contributed by atoms with van der Waals surface area (Å²) in [5, 5.41) is 2.65. The minimum Gasteiger partial charge on any atom is -0.333 e. The molecule has 2 aliphatic rings. The second-order valence-electron chi connectivity index (χ2n) is 5.02. The molecule has 0 bridgehead atoms. The molecule has 7 heteroatoms. The zero-order valence-corrected chi connectivity index (χ0v) is 11.5. The first-order valence-electron chi connectivity index (χ1n) is 6.11. The molecule has 2 N–H and O–H groups in total. The van der Waals surface area contributed by atoms with Gasteiger partial charge in [0, 0.05) is 20.1 Å². The summed E-state index contributed by atoms with van der Waals surface area (Å²) in [6.07, 6.45) is 5.86. The van der Waals surface area contributed by atoms with Gasteiger partial charge >= 0.3 is 10.2 Å². The van der Waals surface area contributed by atoms with Crippen LogP contribution in [0.5, 0.6) is 0 Å². The molecular formula is C11H20N4O2S. The lowest BCUT2D eigenvalue weighted by atomic mass is 9.95. The average molecular weight is 272 g/mol. The molecule has 0 radical (unpaired) electrons. The van der Waals surface area contributed by atoms with Crippen LogP contribution in [0, 0.1) is 5.41 Å². The molecule has 0 unspecified atom stereocenters. The van der Waals surface area contributed by atoms with Gasteiger partial charge in [0.2, 0.25) is 0 Å². The van der Waals surface area contributed by atoms with E-state index < -0.39 is 10.2 Å². The van der Waals surface area contributed by atoms with Crippen LogP contribution in [0.4, 0.5) is 0 Å². The summed E-state index contributed by atoms with van der Waals surface area (Å²) >= 11 is 0. The van der Waals surface area contributed by atoms with Gasteiger partial charge in [0.05, 0.1) is 6.34 Å². The minimum absolute atomic E-state index is 0.215. The first-order valence-corrected chi connectivity index (χ1v) is 7.55. The summed E-state index contributed by atoms with van der Waals surface area (Å²) in [6.45, 7) is 4.80. The Labute approximate surface area is 108 Å². The maximum atomic E-state index is 12.1. The van der Waals surface area contributed by atoms with E-state index in [1.54, 1.807) is 7.05 Å². The Bertz CT molecular complexity index is 444. The minimum atomic E-state index is -3.48. The Morgan fingerprint density at radius 3 is 2.44 bits per heavy atom. The van der Waals surface area contributed by atoms with Gasteiger partial charge < -0.3 is 5.32 Å². The standard InChI is InChI=1S/C11H20N4O2S/c1-10(13-9-12-2)14-18(16,17)15-7-5-11(3-4-11)6-8-15/h9,14H,1,3-8H2,2H3,(H,12,13). The number of hydrogen-bond acceptors (Lipinski definition) is 3. The van der Waals surface area contributed by atoms with Crippen molar-refractivity contribution in [2.75, 3.05) is 20.1 Å². The fourth-order valence-corrected chi connectivity index (χ4v) is 3.43. The van der Waals surface area contributed by atoms with E-state index in [1.807, 2.05) is 0 Å². The van der Waals surface area contributed by atoms with Gasteiger partial charge in [-0.1, -0.05) is 6.58 Å². The fraction of sp³-hybridized carbons (Fsp3) is 0.727. The van der Waals surface area contributed by atoms with E-state index in [0.29, 0.717) is 18.5 Å². The predicted octanol–water partition coefficient (Wildman–Crippen LogP) is 0.416. The summed E-state index contributed by atoms with van der Waals surface area (Å²) in [5.41, 5.74) is 0.468. The van der Waals surface area contributed by atoms with Gasteiger partial charge in [-0.2, -0.15) is 12.7 Å². The van der Waals surface area contributed by atoms with Crippen molar-refractivity contribution in [3.05, 3.63) is 12.4 Å². The Morgan fingerprint density at radius 2 is 1.94 bits per heavy atom. The molecule has 102 valence electrons. The fourth-order valence-electron chi connectivity index (χ4n) is 2.27. The maximum absolute atomic E-state index is 12.1. The van der Waals surface area contributed by atoms with Crippen LogP contribution < -0.4 is 10.0 Å². The van der Waals surface area contributed by atoms with E-state index in [4.69, 9.17) is 0 Å².